The van der Waals surface area contributed by atoms with E-state index < -0.39 is 0 Å². The number of halogens is 2. The summed E-state index contributed by atoms with van der Waals surface area (Å²) in [6.07, 6.45) is 0. The third-order valence-electron chi connectivity index (χ3n) is 3.89. The molecule has 0 aliphatic heterocycles. The first-order chi connectivity index (χ1) is 12.7. The van der Waals surface area contributed by atoms with Crippen LogP contribution in [0.15, 0.2) is 66.7 Å². The van der Waals surface area contributed by atoms with Crippen molar-refractivity contribution < 1.29 is 13.9 Å². The van der Waals surface area contributed by atoms with E-state index in [1.165, 1.54) is 12.1 Å². The van der Waals surface area contributed by atoms with Gasteiger partial charge in [0.15, 0.2) is 11.5 Å². The molecule has 0 fully saturated rings. The summed E-state index contributed by atoms with van der Waals surface area (Å²) in [5, 5.41) is 3.98. The Labute approximate surface area is 157 Å². The smallest absolute Gasteiger partial charge is 0.161 e. The molecule has 3 aromatic carbocycles. The summed E-state index contributed by atoms with van der Waals surface area (Å²) in [4.78, 5) is 0. The predicted molar refractivity (Wildman–Crippen MR) is 103 cm³/mol. The standard InChI is InChI=1S/C21H19ClFNO2/c1-25-21-12-16(13-24-19-5-3-2-4-18(19)22)8-11-20(21)26-14-15-6-9-17(23)10-7-15/h2-12,24H,13-14H2,1H3. The predicted octanol–water partition coefficient (Wildman–Crippen LogP) is 5.68. The Bertz CT molecular complexity index is 868. The van der Waals surface area contributed by atoms with Crippen molar-refractivity contribution in [3.8, 4) is 11.5 Å². The molecule has 26 heavy (non-hydrogen) atoms. The highest BCUT2D eigenvalue weighted by Crippen LogP contribution is 2.29. The van der Waals surface area contributed by atoms with Gasteiger partial charge in [-0.05, 0) is 47.5 Å². The number of anilines is 1. The second kappa shape index (κ2) is 8.59. The molecule has 0 aliphatic carbocycles. The molecule has 1 N–H and O–H groups in total. The van der Waals surface area contributed by atoms with Crippen molar-refractivity contribution in [3.05, 3.63) is 88.7 Å². The fraction of sp³-hybridized carbons (Fsp3) is 0.143. The molecule has 3 aromatic rings. The maximum Gasteiger partial charge on any atom is 0.161 e. The van der Waals surface area contributed by atoms with E-state index in [0.717, 1.165) is 16.8 Å². The minimum absolute atomic E-state index is 0.262. The van der Waals surface area contributed by atoms with Crippen LogP contribution in [0.4, 0.5) is 10.1 Å². The van der Waals surface area contributed by atoms with Crippen molar-refractivity contribution in [3.63, 3.8) is 0 Å². The van der Waals surface area contributed by atoms with Crippen LogP contribution in [0.2, 0.25) is 5.02 Å². The lowest BCUT2D eigenvalue weighted by Crippen LogP contribution is -2.02. The fourth-order valence-corrected chi connectivity index (χ4v) is 2.69. The van der Waals surface area contributed by atoms with Gasteiger partial charge in [0.1, 0.15) is 12.4 Å². The molecule has 134 valence electrons. The van der Waals surface area contributed by atoms with E-state index in [4.69, 9.17) is 21.1 Å². The molecule has 0 atom stereocenters. The molecule has 0 amide bonds. The Hall–Kier alpha value is -2.72. The van der Waals surface area contributed by atoms with E-state index in [1.807, 2.05) is 42.5 Å². The number of hydrogen-bond donors (Lipinski definition) is 1. The number of benzene rings is 3. The largest absolute Gasteiger partial charge is 0.493 e. The van der Waals surface area contributed by atoms with Crippen LogP contribution in [-0.4, -0.2) is 7.11 Å². The number of ether oxygens (including phenoxy) is 2. The van der Waals surface area contributed by atoms with Gasteiger partial charge in [-0.25, -0.2) is 4.39 Å². The van der Waals surface area contributed by atoms with Crippen molar-refractivity contribution in [2.45, 2.75) is 13.2 Å². The first-order valence-electron chi connectivity index (χ1n) is 8.18. The monoisotopic (exact) mass is 371 g/mol. The number of rotatable bonds is 7. The normalized spacial score (nSPS) is 10.4. The fourth-order valence-electron chi connectivity index (χ4n) is 2.48. The third kappa shape index (κ3) is 4.67. The molecular formula is C21H19ClFNO2. The highest BCUT2D eigenvalue weighted by Gasteiger charge is 2.07. The van der Waals surface area contributed by atoms with E-state index in [1.54, 1.807) is 19.2 Å². The average Bonchev–Trinajstić information content (AvgIpc) is 2.67. The van der Waals surface area contributed by atoms with Crippen molar-refractivity contribution in [1.29, 1.82) is 0 Å². The van der Waals surface area contributed by atoms with Gasteiger partial charge in [0.25, 0.3) is 0 Å². The van der Waals surface area contributed by atoms with Crippen molar-refractivity contribution in [1.82, 2.24) is 0 Å². The second-order valence-electron chi connectivity index (χ2n) is 5.73. The van der Waals surface area contributed by atoms with E-state index in [-0.39, 0.29) is 5.82 Å². The Balaban J connectivity index is 1.65. The zero-order chi connectivity index (χ0) is 18.4. The quantitative estimate of drug-likeness (QED) is 0.579. The van der Waals surface area contributed by atoms with Gasteiger partial charge in [-0.1, -0.05) is 41.9 Å². The number of methoxy groups -OCH3 is 1. The molecule has 3 nitrogen and oxygen atoms in total. The Morgan fingerprint density at radius 2 is 1.65 bits per heavy atom. The van der Waals surface area contributed by atoms with Crippen LogP contribution in [0.5, 0.6) is 11.5 Å². The summed E-state index contributed by atoms with van der Waals surface area (Å²) >= 11 is 6.15. The summed E-state index contributed by atoms with van der Waals surface area (Å²) in [6.45, 7) is 0.951. The molecule has 0 bridgehead atoms. The minimum atomic E-state index is -0.262. The topological polar surface area (TPSA) is 30.5 Å². The molecule has 0 radical (unpaired) electrons. The van der Waals surface area contributed by atoms with Crippen LogP contribution >= 0.6 is 11.6 Å². The van der Waals surface area contributed by atoms with Gasteiger partial charge in [0, 0.05) is 6.54 Å². The van der Waals surface area contributed by atoms with Gasteiger partial charge in [0.05, 0.1) is 17.8 Å². The van der Waals surface area contributed by atoms with Crippen LogP contribution in [0.3, 0.4) is 0 Å². The van der Waals surface area contributed by atoms with Gasteiger partial charge in [0.2, 0.25) is 0 Å². The number of nitrogens with one attached hydrogen (secondary N) is 1. The zero-order valence-corrected chi connectivity index (χ0v) is 15.1. The van der Waals surface area contributed by atoms with Crippen molar-refractivity contribution in [2.75, 3.05) is 12.4 Å². The van der Waals surface area contributed by atoms with Crippen molar-refractivity contribution in [2.24, 2.45) is 0 Å². The van der Waals surface area contributed by atoms with Crippen LogP contribution in [0.25, 0.3) is 0 Å². The lowest BCUT2D eigenvalue weighted by Gasteiger charge is -2.13. The van der Waals surface area contributed by atoms with E-state index >= 15 is 0 Å². The Morgan fingerprint density at radius 3 is 2.38 bits per heavy atom. The molecule has 0 spiro atoms. The van der Waals surface area contributed by atoms with Crippen molar-refractivity contribution >= 4 is 17.3 Å². The van der Waals surface area contributed by atoms with Gasteiger partial charge >= 0.3 is 0 Å². The molecular weight excluding hydrogens is 353 g/mol. The molecule has 0 unspecified atom stereocenters. The van der Waals surface area contributed by atoms with Crippen LogP contribution < -0.4 is 14.8 Å². The SMILES string of the molecule is COc1cc(CNc2ccccc2Cl)ccc1OCc1ccc(F)cc1. The van der Waals surface area contributed by atoms with E-state index in [9.17, 15) is 4.39 Å². The molecule has 0 saturated heterocycles. The highest BCUT2D eigenvalue weighted by atomic mass is 35.5. The molecule has 0 aromatic heterocycles. The summed E-state index contributed by atoms with van der Waals surface area (Å²) in [6, 6.07) is 19.6. The number of para-hydroxylation sites is 1. The maximum atomic E-state index is 13.0. The van der Waals surface area contributed by atoms with Crippen LogP contribution in [0.1, 0.15) is 11.1 Å². The summed E-state index contributed by atoms with van der Waals surface area (Å²) in [7, 11) is 1.60. The Kier molecular flexibility index (Phi) is 5.97. The highest BCUT2D eigenvalue weighted by molar-refractivity contribution is 6.33. The van der Waals surface area contributed by atoms with E-state index in [0.29, 0.717) is 29.7 Å². The van der Waals surface area contributed by atoms with Gasteiger partial charge in [-0.3, -0.25) is 0 Å². The van der Waals surface area contributed by atoms with Gasteiger partial charge < -0.3 is 14.8 Å². The summed E-state index contributed by atoms with van der Waals surface area (Å²) in [5.41, 5.74) is 2.80. The molecule has 5 heteroatoms. The molecule has 0 aliphatic rings. The zero-order valence-electron chi connectivity index (χ0n) is 14.3. The van der Waals surface area contributed by atoms with Gasteiger partial charge in [-0.15, -0.1) is 0 Å². The van der Waals surface area contributed by atoms with Crippen LogP contribution in [0, 0.1) is 5.82 Å². The minimum Gasteiger partial charge on any atom is -0.493 e. The maximum absolute atomic E-state index is 13.0. The second-order valence-corrected chi connectivity index (χ2v) is 6.14. The first-order valence-corrected chi connectivity index (χ1v) is 8.56. The molecule has 3 rings (SSSR count). The first kappa shape index (κ1) is 18.1. The van der Waals surface area contributed by atoms with Crippen LogP contribution in [-0.2, 0) is 13.2 Å². The average molecular weight is 372 g/mol. The summed E-state index contributed by atoms with van der Waals surface area (Å²) < 4.78 is 24.2. The number of hydrogen-bond acceptors (Lipinski definition) is 3. The lowest BCUT2D eigenvalue weighted by atomic mass is 10.2. The molecule has 0 heterocycles. The lowest BCUT2D eigenvalue weighted by molar-refractivity contribution is 0.284. The third-order valence-corrected chi connectivity index (χ3v) is 4.22. The summed E-state index contributed by atoms with van der Waals surface area (Å²) in [5.74, 6) is 1.02. The molecule has 0 saturated carbocycles. The Morgan fingerprint density at radius 1 is 0.923 bits per heavy atom. The van der Waals surface area contributed by atoms with Gasteiger partial charge in [-0.2, -0.15) is 0 Å². The van der Waals surface area contributed by atoms with E-state index in [2.05, 4.69) is 5.32 Å².